The molecule has 1 saturated carbocycles. The van der Waals surface area contributed by atoms with Gasteiger partial charge in [-0.05, 0) is 38.0 Å². The van der Waals surface area contributed by atoms with E-state index in [4.69, 9.17) is 9.84 Å². The zero-order chi connectivity index (χ0) is 13.5. The van der Waals surface area contributed by atoms with E-state index in [2.05, 4.69) is 5.32 Å². The molecule has 0 saturated heterocycles. The Hall–Kier alpha value is -1.26. The molecule has 104 valence electrons. The fourth-order valence-corrected chi connectivity index (χ4v) is 2.20. The third kappa shape index (κ3) is 5.38. The first-order chi connectivity index (χ1) is 8.49. The molecule has 1 aliphatic carbocycles. The number of aliphatic carboxylic acids is 1. The summed E-state index contributed by atoms with van der Waals surface area (Å²) in [4.78, 5) is 22.6. The smallest absolute Gasteiger partial charge is 0.408 e. The van der Waals surface area contributed by atoms with Crippen LogP contribution in [-0.4, -0.2) is 29.3 Å². The zero-order valence-electron chi connectivity index (χ0n) is 11.1. The van der Waals surface area contributed by atoms with Crippen LogP contribution < -0.4 is 5.32 Å². The van der Waals surface area contributed by atoms with Gasteiger partial charge < -0.3 is 15.2 Å². The van der Waals surface area contributed by atoms with Gasteiger partial charge in [0.25, 0.3) is 0 Å². The minimum atomic E-state index is -1.01. The zero-order valence-corrected chi connectivity index (χ0v) is 11.1. The van der Waals surface area contributed by atoms with Gasteiger partial charge in [0, 0.05) is 0 Å². The second-order valence-electron chi connectivity index (χ2n) is 5.33. The van der Waals surface area contributed by atoms with Crippen molar-refractivity contribution in [3.63, 3.8) is 0 Å². The minimum absolute atomic E-state index is 0.0488. The second kappa shape index (κ2) is 7.24. The molecule has 0 aliphatic heterocycles. The molecule has 0 radical (unpaired) electrons. The quantitative estimate of drug-likeness (QED) is 0.793. The van der Waals surface area contributed by atoms with Gasteiger partial charge in [0.2, 0.25) is 0 Å². The number of ether oxygens (including phenoxy) is 1. The van der Waals surface area contributed by atoms with Crippen LogP contribution in [0.2, 0.25) is 0 Å². The summed E-state index contributed by atoms with van der Waals surface area (Å²) in [5.74, 6) is -0.801. The molecule has 2 N–H and O–H groups in total. The van der Waals surface area contributed by atoms with Crippen molar-refractivity contribution in [3.8, 4) is 0 Å². The fraction of sp³-hybridized carbons (Fsp3) is 0.846. The molecule has 1 aliphatic rings. The van der Waals surface area contributed by atoms with Gasteiger partial charge in [-0.1, -0.05) is 20.3 Å². The van der Waals surface area contributed by atoms with E-state index in [9.17, 15) is 9.59 Å². The summed E-state index contributed by atoms with van der Waals surface area (Å²) in [6.45, 7) is 3.84. The molecule has 0 unspecified atom stereocenters. The SMILES string of the molecule is CC(C)C[C@H](NC(=O)OC1CCCCC1)C(=O)O. The molecule has 1 fully saturated rings. The van der Waals surface area contributed by atoms with Gasteiger partial charge in [-0.3, -0.25) is 0 Å². The molecule has 0 heterocycles. The van der Waals surface area contributed by atoms with Crippen LogP contribution in [0.1, 0.15) is 52.4 Å². The number of carbonyl (C=O) groups excluding carboxylic acids is 1. The fourth-order valence-electron chi connectivity index (χ4n) is 2.20. The van der Waals surface area contributed by atoms with Crippen molar-refractivity contribution in [2.24, 2.45) is 5.92 Å². The van der Waals surface area contributed by atoms with Crippen LogP contribution in [-0.2, 0) is 9.53 Å². The number of hydrogen-bond acceptors (Lipinski definition) is 3. The highest BCUT2D eigenvalue weighted by Gasteiger charge is 2.24. The van der Waals surface area contributed by atoms with Crippen molar-refractivity contribution in [1.29, 1.82) is 0 Å². The van der Waals surface area contributed by atoms with E-state index >= 15 is 0 Å². The molecule has 1 atom stereocenters. The molecule has 0 aromatic rings. The maximum Gasteiger partial charge on any atom is 0.408 e. The standard InChI is InChI=1S/C13H23NO4/c1-9(2)8-11(12(15)16)14-13(17)18-10-6-4-3-5-7-10/h9-11H,3-8H2,1-2H3,(H,14,17)(H,15,16)/t11-/m0/s1. The number of alkyl carbamates (subject to hydrolysis) is 1. The highest BCUT2D eigenvalue weighted by Crippen LogP contribution is 2.20. The summed E-state index contributed by atoms with van der Waals surface area (Å²) in [6.07, 6.45) is 4.87. The number of carboxylic acid groups (broad SMARTS) is 1. The molecule has 0 bridgehead atoms. The molecule has 0 aromatic carbocycles. The second-order valence-corrected chi connectivity index (χ2v) is 5.33. The maximum atomic E-state index is 11.6. The normalized spacial score (nSPS) is 18.4. The lowest BCUT2D eigenvalue weighted by atomic mass is 9.98. The van der Waals surface area contributed by atoms with Gasteiger partial charge in [-0.15, -0.1) is 0 Å². The molecule has 1 rings (SSSR count). The Bertz CT molecular complexity index is 285. The van der Waals surface area contributed by atoms with Crippen LogP contribution in [0.4, 0.5) is 4.79 Å². The summed E-state index contributed by atoms with van der Waals surface area (Å²) in [5, 5.41) is 11.4. The third-order valence-corrected chi connectivity index (χ3v) is 3.12. The summed E-state index contributed by atoms with van der Waals surface area (Å²) in [5.41, 5.74) is 0. The molecule has 1 amide bonds. The predicted molar refractivity (Wildman–Crippen MR) is 67.4 cm³/mol. The lowest BCUT2D eigenvalue weighted by Gasteiger charge is -2.23. The van der Waals surface area contributed by atoms with E-state index in [1.807, 2.05) is 13.8 Å². The van der Waals surface area contributed by atoms with Crippen molar-refractivity contribution in [2.75, 3.05) is 0 Å². The predicted octanol–water partition coefficient (Wildman–Crippen LogP) is 2.54. The highest BCUT2D eigenvalue weighted by molar-refractivity contribution is 5.79. The Balaban J connectivity index is 2.37. The molecular weight excluding hydrogens is 234 g/mol. The molecule has 5 heteroatoms. The monoisotopic (exact) mass is 257 g/mol. The van der Waals surface area contributed by atoms with E-state index in [1.165, 1.54) is 6.42 Å². The first-order valence-corrected chi connectivity index (χ1v) is 6.69. The van der Waals surface area contributed by atoms with Crippen molar-refractivity contribution in [3.05, 3.63) is 0 Å². The largest absolute Gasteiger partial charge is 0.480 e. The van der Waals surface area contributed by atoms with Crippen LogP contribution in [0.25, 0.3) is 0 Å². The van der Waals surface area contributed by atoms with Crippen LogP contribution in [0, 0.1) is 5.92 Å². The van der Waals surface area contributed by atoms with Gasteiger partial charge in [0.1, 0.15) is 12.1 Å². The van der Waals surface area contributed by atoms with E-state index in [0.29, 0.717) is 6.42 Å². The average Bonchev–Trinajstić information content (AvgIpc) is 2.28. The van der Waals surface area contributed by atoms with Gasteiger partial charge in [0.15, 0.2) is 0 Å². The Morgan fingerprint density at radius 2 is 1.89 bits per heavy atom. The Morgan fingerprint density at radius 3 is 2.39 bits per heavy atom. The Kier molecular flexibility index (Phi) is 5.95. The molecule has 5 nitrogen and oxygen atoms in total. The van der Waals surface area contributed by atoms with Crippen LogP contribution in [0.5, 0.6) is 0 Å². The van der Waals surface area contributed by atoms with Crippen LogP contribution >= 0.6 is 0 Å². The van der Waals surface area contributed by atoms with Crippen molar-refractivity contribution < 1.29 is 19.4 Å². The topological polar surface area (TPSA) is 75.6 Å². The van der Waals surface area contributed by atoms with E-state index in [-0.39, 0.29) is 12.0 Å². The number of hydrogen-bond donors (Lipinski definition) is 2. The van der Waals surface area contributed by atoms with Gasteiger partial charge >= 0.3 is 12.1 Å². The first-order valence-electron chi connectivity index (χ1n) is 6.69. The molecular formula is C13H23NO4. The number of carbonyl (C=O) groups is 2. The van der Waals surface area contributed by atoms with Crippen molar-refractivity contribution >= 4 is 12.1 Å². The first kappa shape index (κ1) is 14.8. The summed E-state index contributed by atoms with van der Waals surface area (Å²) < 4.78 is 5.24. The number of amides is 1. The van der Waals surface area contributed by atoms with E-state index in [0.717, 1.165) is 25.7 Å². The number of rotatable bonds is 5. The highest BCUT2D eigenvalue weighted by atomic mass is 16.6. The van der Waals surface area contributed by atoms with Crippen molar-refractivity contribution in [2.45, 2.75) is 64.5 Å². The van der Waals surface area contributed by atoms with Crippen LogP contribution in [0.15, 0.2) is 0 Å². The number of carboxylic acids is 1. The molecule has 18 heavy (non-hydrogen) atoms. The van der Waals surface area contributed by atoms with E-state index < -0.39 is 18.1 Å². The maximum absolute atomic E-state index is 11.6. The summed E-state index contributed by atoms with van der Waals surface area (Å²) in [7, 11) is 0. The average molecular weight is 257 g/mol. The molecule has 0 aromatic heterocycles. The lowest BCUT2D eigenvalue weighted by Crippen LogP contribution is -2.43. The van der Waals surface area contributed by atoms with Gasteiger partial charge in [0.05, 0.1) is 0 Å². The third-order valence-electron chi connectivity index (χ3n) is 3.12. The van der Waals surface area contributed by atoms with Crippen molar-refractivity contribution in [1.82, 2.24) is 5.32 Å². The van der Waals surface area contributed by atoms with E-state index in [1.54, 1.807) is 0 Å². The van der Waals surface area contributed by atoms with Crippen LogP contribution in [0.3, 0.4) is 0 Å². The Labute approximate surface area is 108 Å². The molecule has 0 spiro atoms. The van der Waals surface area contributed by atoms with Gasteiger partial charge in [-0.25, -0.2) is 9.59 Å². The number of nitrogens with one attached hydrogen (secondary N) is 1. The Morgan fingerprint density at radius 1 is 1.28 bits per heavy atom. The lowest BCUT2D eigenvalue weighted by molar-refractivity contribution is -0.139. The minimum Gasteiger partial charge on any atom is -0.480 e. The summed E-state index contributed by atoms with van der Waals surface area (Å²) >= 11 is 0. The van der Waals surface area contributed by atoms with Gasteiger partial charge in [-0.2, -0.15) is 0 Å². The summed E-state index contributed by atoms with van der Waals surface area (Å²) in [6, 6.07) is -0.860.